The summed E-state index contributed by atoms with van der Waals surface area (Å²) in [5.74, 6) is 0. The van der Waals surface area contributed by atoms with E-state index in [4.69, 9.17) is 5.73 Å². The standard InChI is InChI=1S/C22H19N/c1-15(23)17-12-10-16(11-13-17)14-22-20-8-4-2-6-18(20)19-7-3-5-9-21(19)22/h2-15H,23H2,1H3. The van der Waals surface area contributed by atoms with Gasteiger partial charge in [-0.05, 0) is 52.0 Å². The fourth-order valence-electron chi connectivity index (χ4n) is 3.27. The summed E-state index contributed by atoms with van der Waals surface area (Å²) in [5.41, 5.74) is 14.9. The SMILES string of the molecule is CC(N)c1ccc(C=C2c3ccccc3-c3ccccc32)cc1. The Morgan fingerprint density at radius 1 is 0.696 bits per heavy atom. The minimum absolute atomic E-state index is 0.0737. The van der Waals surface area contributed by atoms with E-state index in [0.29, 0.717) is 0 Å². The number of fused-ring (bicyclic) bond motifs is 3. The third kappa shape index (κ3) is 2.39. The van der Waals surface area contributed by atoms with Crippen molar-refractivity contribution < 1.29 is 0 Å². The van der Waals surface area contributed by atoms with Gasteiger partial charge < -0.3 is 5.73 Å². The largest absolute Gasteiger partial charge is 0.324 e. The number of benzene rings is 3. The molecule has 0 aromatic heterocycles. The first kappa shape index (κ1) is 14.0. The van der Waals surface area contributed by atoms with Gasteiger partial charge in [-0.1, -0.05) is 72.8 Å². The molecule has 112 valence electrons. The van der Waals surface area contributed by atoms with Crippen LogP contribution in [0.4, 0.5) is 0 Å². The van der Waals surface area contributed by atoms with Gasteiger partial charge in [0.1, 0.15) is 0 Å². The van der Waals surface area contributed by atoms with Crippen LogP contribution >= 0.6 is 0 Å². The summed E-state index contributed by atoms with van der Waals surface area (Å²) in [4.78, 5) is 0. The summed E-state index contributed by atoms with van der Waals surface area (Å²) in [6.07, 6.45) is 2.27. The van der Waals surface area contributed by atoms with Gasteiger partial charge in [0.25, 0.3) is 0 Å². The van der Waals surface area contributed by atoms with Gasteiger partial charge in [0.2, 0.25) is 0 Å². The van der Waals surface area contributed by atoms with E-state index in [2.05, 4.69) is 78.9 Å². The first-order valence-electron chi connectivity index (χ1n) is 8.00. The lowest BCUT2D eigenvalue weighted by atomic mass is 10.00. The molecule has 1 aliphatic rings. The fraction of sp³-hybridized carbons (Fsp3) is 0.0909. The number of nitrogens with two attached hydrogens (primary N) is 1. The van der Waals surface area contributed by atoms with Gasteiger partial charge in [0, 0.05) is 6.04 Å². The van der Waals surface area contributed by atoms with Gasteiger partial charge in [-0.25, -0.2) is 0 Å². The molecule has 23 heavy (non-hydrogen) atoms. The van der Waals surface area contributed by atoms with Crippen LogP contribution in [0.15, 0.2) is 72.8 Å². The Labute approximate surface area is 137 Å². The average Bonchev–Trinajstić information content (AvgIpc) is 2.90. The van der Waals surface area contributed by atoms with Crippen molar-refractivity contribution in [3.63, 3.8) is 0 Å². The zero-order valence-corrected chi connectivity index (χ0v) is 13.2. The molecule has 0 fully saturated rings. The maximum absolute atomic E-state index is 5.94. The van der Waals surface area contributed by atoms with E-state index in [0.717, 1.165) is 0 Å². The van der Waals surface area contributed by atoms with Gasteiger partial charge in [-0.2, -0.15) is 0 Å². The van der Waals surface area contributed by atoms with E-state index >= 15 is 0 Å². The minimum Gasteiger partial charge on any atom is -0.324 e. The predicted molar refractivity (Wildman–Crippen MR) is 97.9 cm³/mol. The van der Waals surface area contributed by atoms with Crippen molar-refractivity contribution >= 4 is 11.6 Å². The third-order valence-corrected chi connectivity index (χ3v) is 4.50. The molecule has 0 heterocycles. The molecule has 1 aliphatic carbocycles. The molecule has 0 saturated carbocycles. The molecule has 0 radical (unpaired) electrons. The molecule has 3 aromatic carbocycles. The summed E-state index contributed by atoms with van der Waals surface area (Å²) in [6.45, 7) is 2.01. The minimum atomic E-state index is 0.0737. The van der Waals surface area contributed by atoms with Crippen LogP contribution in [-0.2, 0) is 0 Å². The van der Waals surface area contributed by atoms with Gasteiger partial charge in [-0.15, -0.1) is 0 Å². The quantitative estimate of drug-likeness (QED) is 0.535. The van der Waals surface area contributed by atoms with Crippen LogP contribution < -0.4 is 5.73 Å². The molecular formula is C22H19N. The van der Waals surface area contributed by atoms with E-state index in [1.807, 2.05) is 6.92 Å². The maximum Gasteiger partial charge on any atom is 0.0266 e. The second-order valence-electron chi connectivity index (χ2n) is 6.10. The van der Waals surface area contributed by atoms with Crippen LogP contribution in [-0.4, -0.2) is 0 Å². The van der Waals surface area contributed by atoms with Crippen LogP contribution in [0, 0.1) is 0 Å². The Bertz CT molecular complexity index is 838. The Kier molecular flexibility index (Phi) is 3.36. The molecule has 0 aliphatic heterocycles. The van der Waals surface area contributed by atoms with Crippen molar-refractivity contribution in [2.24, 2.45) is 5.73 Å². The van der Waals surface area contributed by atoms with Crippen molar-refractivity contribution in [1.82, 2.24) is 0 Å². The Morgan fingerprint density at radius 3 is 1.65 bits per heavy atom. The predicted octanol–water partition coefficient (Wildman–Crippen LogP) is 5.28. The molecule has 4 rings (SSSR count). The molecule has 0 spiro atoms. The van der Waals surface area contributed by atoms with E-state index in [1.54, 1.807) is 0 Å². The molecule has 0 bridgehead atoms. The van der Waals surface area contributed by atoms with E-state index in [1.165, 1.54) is 39.0 Å². The van der Waals surface area contributed by atoms with E-state index in [-0.39, 0.29) is 6.04 Å². The monoisotopic (exact) mass is 297 g/mol. The number of hydrogen-bond donors (Lipinski definition) is 1. The van der Waals surface area contributed by atoms with E-state index in [9.17, 15) is 0 Å². The lowest BCUT2D eigenvalue weighted by molar-refractivity contribution is 0.818. The van der Waals surface area contributed by atoms with Crippen LogP contribution in [0.1, 0.15) is 35.2 Å². The van der Waals surface area contributed by atoms with Crippen molar-refractivity contribution in [2.75, 3.05) is 0 Å². The Balaban J connectivity index is 1.85. The highest BCUT2D eigenvalue weighted by molar-refractivity contribution is 6.06. The Morgan fingerprint density at radius 2 is 1.17 bits per heavy atom. The second-order valence-corrected chi connectivity index (χ2v) is 6.10. The normalized spacial score (nSPS) is 13.4. The van der Waals surface area contributed by atoms with Crippen molar-refractivity contribution in [1.29, 1.82) is 0 Å². The van der Waals surface area contributed by atoms with Gasteiger partial charge >= 0.3 is 0 Å². The van der Waals surface area contributed by atoms with Crippen LogP contribution in [0.3, 0.4) is 0 Å². The molecule has 0 amide bonds. The summed E-state index contributed by atoms with van der Waals surface area (Å²) >= 11 is 0. The van der Waals surface area contributed by atoms with Gasteiger partial charge in [0.15, 0.2) is 0 Å². The summed E-state index contributed by atoms with van der Waals surface area (Å²) in [5, 5.41) is 0. The highest BCUT2D eigenvalue weighted by Crippen LogP contribution is 2.44. The highest BCUT2D eigenvalue weighted by atomic mass is 14.6. The molecule has 2 N–H and O–H groups in total. The zero-order valence-electron chi connectivity index (χ0n) is 13.2. The highest BCUT2D eigenvalue weighted by Gasteiger charge is 2.22. The molecule has 1 nitrogen and oxygen atoms in total. The second kappa shape index (κ2) is 5.53. The molecule has 3 aromatic rings. The van der Waals surface area contributed by atoms with E-state index < -0.39 is 0 Å². The summed E-state index contributed by atoms with van der Waals surface area (Å²) in [6, 6.07) is 25.8. The summed E-state index contributed by atoms with van der Waals surface area (Å²) in [7, 11) is 0. The first-order chi connectivity index (χ1) is 11.2. The fourth-order valence-corrected chi connectivity index (χ4v) is 3.27. The van der Waals surface area contributed by atoms with Gasteiger partial charge in [-0.3, -0.25) is 0 Å². The molecule has 1 heteroatoms. The first-order valence-corrected chi connectivity index (χ1v) is 8.00. The summed E-state index contributed by atoms with van der Waals surface area (Å²) < 4.78 is 0. The molecule has 1 unspecified atom stereocenters. The topological polar surface area (TPSA) is 26.0 Å². The van der Waals surface area contributed by atoms with Crippen molar-refractivity contribution in [3.8, 4) is 11.1 Å². The lowest BCUT2D eigenvalue weighted by Gasteiger charge is -2.07. The molecular weight excluding hydrogens is 278 g/mol. The van der Waals surface area contributed by atoms with Crippen LogP contribution in [0.2, 0.25) is 0 Å². The maximum atomic E-state index is 5.94. The number of rotatable bonds is 2. The van der Waals surface area contributed by atoms with Gasteiger partial charge in [0.05, 0.1) is 0 Å². The third-order valence-electron chi connectivity index (χ3n) is 4.50. The van der Waals surface area contributed by atoms with Crippen molar-refractivity contribution in [2.45, 2.75) is 13.0 Å². The average molecular weight is 297 g/mol. The number of hydrogen-bond acceptors (Lipinski definition) is 1. The smallest absolute Gasteiger partial charge is 0.0266 e. The molecule has 0 saturated heterocycles. The van der Waals surface area contributed by atoms with Crippen molar-refractivity contribution in [3.05, 3.63) is 95.1 Å². The lowest BCUT2D eigenvalue weighted by Crippen LogP contribution is -2.04. The zero-order chi connectivity index (χ0) is 15.8. The molecule has 1 atom stereocenters. The Hall–Kier alpha value is -2.64. The van der Waals surface area contributed by atoms with Crippen LogP contribution in [0.5, 0.6) is 0 Å². The van der Waals surface area contributed by atoms with Crippen LogP contribution in [0.25, 0.3) is 22.8 Å².